The zero-order valence-corrected chi connectivity index (χ0v) is 33.7. The van der Waals surface area contributed by atoms with Crippen molar-refractivity contribution >= 4 is 3.26 Å². The van der Waals surface area contributed by atoms with E-state index in [-0.39, 0.29) is 35.6 Å². The van der Waals surface area contributed by atoms with Crippen LogP contribution in [0, 0.1) is 6.07 Å². The topological polar surface area (TPSA) is 0 Å². The van der Waals surface area contributed by atoms with Crippen LogP contribution in [0.1, 0.15) is 86.1 Å². The number of rotatable bonds is 2. The van der Waals surface area contributed by atoms with E-state index in [1.165, 1.54) is 57.6 Å². The average Bonchev–Trinajstić information content (AvgIpc) is 3.71. The third-order valence-electron chi connectivity index (χ3n) is 8.02. The Morgan fingerprint density at radius 2 is 1.04 bits per heavy atom. The van der Waals surface area contributed by atoms with Crippen molar-refractivity contribution in [2.45, 2.75) is 71.1 Å². The summed E-state index contributed by atoms with van der Waals surface area (Å²) in [4.78, 5) is 0. The molecule has 0 aromatic heterocycles. The second-order valence-electron chi connectivity index (χ2n) is 13.8. The third kappa shape index (κ3) is 11.3. The fourth-order valence-electron chi connectivity index (χ4n) is 5.17. The van der Waals surface area contributed by atoms with Gasteiger partial charge in [0.1, 0.15) is 0 Å². The molecule has 0 saturated carbocycles. The Balaban J connectivity index is 0.000000293. The first-order valence-electron chi connectivity index (χ1n) is 15.5. The van der Waals surface area contributed by atoms with Gasteiger partial charge in [0.25, 0.3) is 0 Å². The quantitative estimate of drug-likeness (QED) is 0.116. The van der Waals surface area contributed by atoms with Gasteiger partial charge in [0.2, 0.25) is 0 Å². The van der Waals surface area contributed by atoms with E-state index in [1.807, 2.05) is 30.3 Å². The van der Waals surface area contributed by atoms with Crippen molar-refractivity contribution in [3.63, 3.8) is 0 Å². The Morgan fingerprint density at radius 3 is 1.42 bits per heavy atom. The van der Waals surface area contributed by atoms with Gasteiger partial charge < -0.3 is 24.8 Å². The third-order valence-corrected chi connectivity index (χ3v) is 10.1. The Labute approximate surface area is 318 Å². The Hall–Kier alpha value is -2.87. The normalized spacial score (nSPS) is 12.1. The van der Waals surface area contributed by atoms with Gasteiger partial charge in [-0.2, -0.15) is 42.0 Å². The second-order valence-corrected chi connectivity index (χ2v) is 15.6. The molecule has 1 aliphatic carbocycles. The van der Waals surface area contributed by atoms with E-state index < -0.39 is 23.5 Å². The van der Waals surface area contributed by atoms with Gasteiger partial charge in [-0.1, -0.05) is 65.3 Å². The minimum Gasteiger partial charge on any atom is -1.00 e. The van der Waals surface area contributed by atoms with E-state index in [4.69, 9.17) is 0 Å². The summed E-state index contributed by atoms with van der Waals surface area (Å²) in [6.45, 7) is 13.6. The van der Waals surface area contributed by atoms with Gasteiger partial charge >= 0.3 is 137 Å². The first kappa shape index (κ1) is 43.3. The smallest absolute Gasteiger partial charge is 0.172 e. The van der Waals surface area contributed by atoms with Crippen LogP contribution < -0.4 is 24.8 Å². The molecular weight excluding hydrogens is 856 g/mol. The number of alkyl halides is 6. The maximum atomic E-state index is 12.5. The molecule has 5 aromatic carbocycles. The summed E-state index contributed by atoms with van der Waals surface area (Å²) in [6.07, 6.45) is -7.78. The number of halogens is 8. The molecule has 0 spiro atoms. The molecule has 0 unspecified atom stereocenters. The van der Waals surface area contributed by atoms with E-state index in [0.29, 0.717) is 35.0 Å². The van der Waals surface area contributed by atoms with Gasteiger partial charge in [0.05, 0.1) is 0 Å². The van der Waals surface area contributed by atoms with Crippen LogP contribution in [-0.4, -0.2) is 3.26 Å². The van der Waals surface area contributed by atoms with Crippen molar-refractivity contribution in [3.8, 4) is 11.1 Å². The molecule has 5 aromatic rings. The average molecular weight is 894 g/mol. The summed E-state index contributed by atoms with van der Waals surface area (Å²) in [5, 5.41) is 0. The van der Waals surface area contributed by atoms with E-state index in [9.17, 15) is 26.3 Å². The fraction of sp³-hybridized carbons (Fsp3) is 0.268. The Kier molecular flexibility index (Phi) is 14.8. The van der Waals surface area contributed by atoms with Crippen LogP contribution in [0.25, 0.3) is 11.1 Å². The monoisotopic (exact) mass is 894 g/mol. The fourth-order valence-corrected chi connectivity index (χ4v) is 6.36. The minimum absolute atomic E-state index is 0. The van der Waals surface area contributed by atoms with Crippen LogP contribution in [0.3, 0.4) is 0 Å². The zero-order chi connectivity index (χ0) is 35.5. The van der Waals surface area contributed by atoms with Crippen LogP contribution in [0.2, 0.25) is 0 Å². The molecule has 0 atom stereocenters. The number of hydrogen-bond acceptors (Lipinski definition) is 0. The molecule has 50 heavy (non-hydrogen) atoms. The molecule has 0 heterocycles. The molecule has 0 saturated heterocycles. The summed E-state index contributed by atoms with van der Waals surface area (Å²) in [5.74, 6) is 0. The number of benzene rings is 4. The van der Waals surface area contributed by atoms with Crippen LogP contribution in [0.4, 0.5) is 26.3 Å². The van der Waals surface area contributed by atoms with Crippen molar-refractivity contribution < 1.29 is 75.0 Å². The molecule has 6 rings (SSSR count). The van der Waals surface area contributed by atoms with Crippen LogP contribution in [0.5, 0.6) is 0 Å². The summed E-state index contributed by atoms with van der Waals surface area (Å²) in [5.41, 5.74) is 8.37. The number of fused-ring (bicyclic) bond motifs is 3. The summed E-state index contributed by atoms with van der Waals surface area (Å²) < 4.78 is 75.7. The summed E-state index contributed by atoms with van der Waals surface area (Å²) in [7, 11) is 0. The molecule has 9 heteroatoms. The van der Waals surface area contributed by atoms with Gasteiger partial charge in [-0.25, -0.2) is 12.1 Å². The summed E-state index contributed by atoms with van der Waals surface area (Å²) >= 11 is 0.493. The molecule has 0 radical (unpaired) electrons. The van der Waals surface area contributed by atoms with Gasteiger partial charge in [-0.3, -0.25) is 0 Å². The first-order valence-corrected chi connectivity index (χ1v) is 17.3. The van der Waals surface area contributed by atoms with Gasteiger partial charge in [-0.15, -0.1) is 11.1 Å². The Bertz CT molecular complexity index is 1690. The molecule has 0 N–H and O–H groups in total. The molecule has 264 valence electrons. The molecule has 0 amide bonds. The van der Waals surface area contributed by atoms with Crippen molar-refractivity contribution in [2.24, 2.45) is 0 Å². The standard InChI is InChI=1S/C21H25.C15H8F6.C5H5.2ClH.Hf/c1-20(2,3)16-7-9-18-14(12-16)11-15-13-17(21(4,5)6)8-10-19(15)18;16-14(17,18)12-5-1-10(2-6-12)9-11-3-7-13(8-4-11)15(19,20)21;1-2-4-5-3-1;;;/h7-10,12H,11H2,1-6H3;1-8H;1-5H;2*1H;/q-1;;-1;;;+2/p-2. The minimum atomic E-state index is -4.40. The SMILES string of the molecule is CC(C)(C)c1[c-]c2c(cc1)-c1ccc(C(C)(C)C)cc1C2.FC(F)(F)c1ccc([C](=[Hf+2])c2ccc(C(F)(F)F)cc2)cc1.[Cl-].[Cl-].c1cc[cH-]c1. The zero-order valence-electron chi connectivity index (χ0n) is 28.6. The predicted molar refractivity (Wildman–Crippen MR) is 179 cm³/mol. The van der Waals surface area contributed by atoms with E-state index >= 15 is 0 Å². The van der Waals surface area contributed by atoms with Crippen LogP contribution in [-0.2, 0) is 53.5 Å². The molecule has 0 nitrogen and oxygen atoms in total. The van der Waals surface area contributed by atoms with Crippen molar-refractivity contribution in [2.75, 3.05) is 0 Å². The van der Waals surface area contributed by atoms with Crippen LogP contribution in [0.15, 0.2) is 109 Å². The molecule has 0 fully saturated rings. The van der Waals surface area contributed by atoms with Crippen LogP contribution >= 0.6 is 0 Å². The second kappa shape index (κ2) is 17.1. The Morgan fingerprint density at radius 1 is 0.600 bits per heavy atom. The van der Waals surface area contributed by atoms with Gasteiger partial charge in [-0.05, 0) is 28.4 Å². The largest absolute Gasteiger partial charge is 1.00 e. The van der Waals surface area contributed by atoms with Crippen molar-refractivity contribution in [3.05, 3.63) is 160 Å². The summed E-state index contributed by atoms with van der Waals surface area (Å²) in [6, 6.07) is 34.4. The number of hydrogen-bond donors (Lipinski definition) is 0. The molecule has 0 aliphatic heterocycles. The first-order chi connectivity index (χ1) is 22.2. The molecule has 0 bridgehead atoms. The van der Waals surface area contributed by atoms with Gasteiger partial charge in [0.15, 0.2) is 0 Å². The molecule has 1 aliphatic rings. The van der Waals surface area contributed by atoms with E-state index in [1.54, 1.807) is 0 Å². The predicted octanol–water partition coefficient (Wildman–Crippen LogP) is 5.91. The maximum absolute atomic E-state index is 12.5. The van der Waals surface area contributed by atoms with Gasteiger partial charge in [0, 0.05) is 0 Å². The maximum Gasteiger partial charge on any atom is -0.172 e. The van der Waals surface area contributed by atoms with Crippen molar-refractivity contribution in [1.82, 2.24) is 0 Å². The molecular formula is C41H38Cl2F6Hf-2. The van der Waals surface area contributed by atoms with E-state index in [0.717, 1.165) is 33.9 Å². The van der Waals surface area contributed by atoms with E-state index in [2.05, 4.69) is 77.9 Å². The van der Waals surface area contributed by atoms with Crippen molar-refractivity contribution in [1.29, 1.82) is 0 Å².